The van der Waals surface area contributed by atoms with Crippen LogP contribution in [-0.4, -0.2) is 25.8 Å². The number of halogens is 2. The van der Waals surface area contributed by atoms with Crippen LogP contribution in [0.5, 0.6) is 0 Å². The van der Waals surface area contributed by atoms with E-state index in [0.29, 0.717) is 0 Å². The summed E-state index contributed by atoms with van der Waals surface area (Å²) in [5.74, 6) is -0.173. The van der Waals surface area contributed by atoms with E-state index in [0.717, 1.165) is 23.2 Å². The van der Waals surface area contributed by atoms with Crippen LogP contribution >= 0.6 is 32.3 Å². The standard InChI is InChI=1S/C15H26Br2N2O2/c1-2-3-4-5-6-7-8-9-10-11-12-13-14(20)19(17)15(21)18(13)16/h13H,2-12H2,1H3. The maximum Gasteiger partial charge on any atom is 0.347 e. The van der Waals surface area contributed by atoms with Gasteiger partial charge in [-0.25, -0.2) is 8.72 Å². The van der Waals surface area contributed by atoms with Gasteiger partial charge >= 0.3 is 6.03 Å². The van der Waals surface area contributed by atoms with Crippen molar-refractivity contribution in [3.63, 3.8) is 0 Å². The molecule has 1 rings (SSSR count). The fourth-order valence-corrected chi connectivity index (χ4v) is 3.76. The molecule has 1 unspecified atom stereocenters. The van der Waals surface area contributed by atoms with E-state index >= 15 is 0 Å². The number of amides is 3. The highest BCUT2D eigenvalue weighted by atomic mass is 79.9. The van der Waals surface area contributed by atoms with Crippen molar-refractivity contribution >= 4 is 44.2 Å². The third kappa shape index (κ3) is 6.27. The predicted molar refractivity (Wildman–Crippen MR) is 92.2 cm³/mol. The molecule has 3 amide bonds. The maximum absolute atomic E-state index is 11.8. The average molecular weight is 426 g/mol. The van der Waals surface area contributed by atoms with Crippen LogP contribution in [0, 0.1) is 0 Å². The number of rotatable bonds is 11. The summed E-state index contributed by atoms with van der Waals surface area (Å²) in [5.41, 5.74) is 0. The summed E-state index contributed by atoms with van der Waals surface area (Å²) in [6, 6.07) is -0.692. The Morgan fingerprint density at radius 1 is 0.857 bits per heavy atom. The third-order valence-corrected chi connectivity index (χ3v) is 5.38. The van der Waals surface area contributed by atoms with E-state index in [1.807, 2.05) is 0 Å². The van der Waals surface area contributed by atoms with Crippen LogP contribution in [0.25, 0.3) is 0 Å². The first-order valence-corrected chi connectivity index (χ1v) is 9.50. The Morgan fingerprint density at radius 2 is 1.33 bits per heavy atom. The van der Waals surface area contributed by atoms with E-state index in [4.69, 9.17) is 0 Å². The van der Waals surface area contributed by atoms with Crippen molar-refractivity contribution in [2.24, 2.45) is 0 Å². The zero-order valence-corrected chi connectivity index (χ0v) is 16.0. The zero-order chi connectivity index (χ0) is 15.7. The molecule has 1 atom stereocenters. The molecule has 0 N–H and O–H groups in total. The first-order valence-electron chi connectivity index (χ1n) is 8.08. The molecule has 1 aliphatic heterocycles. The quantitative estimate of drug-likeness (QED) is 0.247. The molecule has 0 radical (unpaired) electrons. The zero-order valence-electron chi connectivity index (χ0n) is 12.8. The number of carbonyl (C=O) groups excluding carboxylic acids is 2. The summed E-state index contributed by atoms with van der Waals surface area (Å²) in [6.45, 7) is 2.24. The summed E-state index contributed by atoms with van der Waals surface area (Å²) < 4.78 is 2.35. The minimum absolute atomic E-state index is 0.173. The number of unbranched alkanes of at least 4 members (excludes halogenated alkanes) is 9. The van der Waals surface area contributed by atoms with Gasteiger partial charge in [-0.3, -0.25) is 4.79 Å². The molecular weight excluding hydrogens is 400 g/mol. The van der Waals surface area contributed by atoms with E-state index in [1.54, 1.807) is 0 Å². The van der Waals surface area contributed by atoms with E-state index in [-0.39, 0.29) is 18.0 Å². The first-order chi connectivity index (χ1) is 10.1. The summed E-state index contributed by atoms with van der Waals surface area (Å²) in [4.78, 5) is 23.3. The number of carbonyl (C=O) groups is 2. The Kier molecular flexibility index (Phi) is 9.56. The normalized spacial score (nSPS) is 18.9. The molecule has 122 valence electrons. The molecule has 1 heterocycles. The van der Waals surface area contributed by atoms with Gasteiger partial charge in [0.2, 0.25) is 0 Å². The van der Waals surface area contributed by atoms with Gasteiger partial charge in [-0.2, -0.15) is 3.93 Å². The van der Waals surface area contributed by atoms with Crippen LogP contribution in [0.1, 0.15) is 77.6 Å². The summed E-state index contributed by atoms with van der Waals surface area (Å²) >= 11 is 6.15. The van der Waals surface area contributed by atoms with E-state index < -0.39 is 0 Å². The molecule has 0 aromatic carbocycles. The van der Waals surface area contributed by atoms with Crippen LogP contribution in [0.3, 0.4) is 0 Å². The second-order valence-corrected chi connectivity index (χ2v) is 7.17. The molecule has 0 bridgehead atoms. The molecular formula is C15H26Br2N2O2. The van der Waals surface area contributed by atoms with Gasteiger partial charge in [0.25, 0.3) is 5.91 Å². The summed E-state index contributed by atoms with van der Waals surface area (Å²) in [6.07, 6.45) is 13.4. The van der Waals surface area contributed by atoms with Gasteiger partial charge in [0, 0.05) is 0 Å². The fraction of sp³-hybridized carbons (Fsp3) is 0.867. The number of nitrogens with zero attached hydrogens (tertiary/aromatic N) is 2. The highest BCUT2D eigenvalue weighted by Gasteiger charge is 2.42. The second kappa shape index (κ2) is 10.6. The topological polar surface area (TPSA) is 40.6 Å². The predicted octanol–water partition coefficient (Wildman–Crippen LogP) is 5.55. The molecule has 1 aliphatic rings. The lowest BCUT2D eigenvalue weighted by atomic mass is 10.0. The molecule has 0 saturated carbocycles. The van der Waals surface area contributed by atoms with Crippen LogP contribution < -0.4 is 0 Å². The summed E-state index contributed by atoms with van der Waals surface area (Å²) in [5, 5.41) is 0. The monoisotopic (exact) mass is 424 g/mol. The van der Waals surface area contributed by atoms with Gasteiger partial charge in [-0.15, -0.1) is 0 Å². The van der Waals surface area contributed by atoms with Crippen molar-refractivity contribution in [1.82, 2.24) is 7.85 Å². The van der Waals surface area contributed by atoms with E-state index in [9.17, 15) is 9.59 Å². The van der Waals surface area contributed by atoms with Gasteiger partial charge in [-0.1, -0.05) is 71.1 Å². The van der Waals surface area contributed by atoms with Gasteiger partial charge in [0.15, 0.2) is 0 Å². The molecule has 1 saturated heterocycles. The van der Waals surface area contributed by atoms with Gasteiger partial charge in [0.1, 0.15) is 6.04 Å². The Bertz CT molecular complexity index is 340. The molecule has 0 aromatic heterocycles. The lowest BCUT2D eigenvalue weighted by Crippen LogP contribution is -2.26. The number of hydrogen-bond donors (Lipinski definition) is 0. The molecule has 1 fully saturated rings. The second-order valence-electron chi connectivity index (χ2n) is 5.70. The average Bonchev–Trinajstić information content (AvgIpc) is 2.66. The van der Waals surface area contributed by atoms with Crippen molar-refractivity contribution in [1.29, 1.82) is 0 Å². The number of urea groups is 1. The molecule has 0 aliphatic carbocycles. The maximum atomic E-state index is 11.8. The molecule has 6 heteroatoms. The van der Waals surface area contributed by atoms with Crippen LogP contribution in [0.4, 0.5) is 4.79 Å². The van der Waals surface area contributed by atoms with Crippen molar-refractivity contribution in [3.05, 3.63) is 0 Å². The van der Waals surface area contributed by atoms with Crippen molar-refractivity contribution in [2.75, 3.05) is 0 Å². The largest absolute Gasteiger partial charge is 0.347 e. The highest BCUT2D eigenvalue weighted by molar-refractivity contribution is 9.08. The SMILES string of the molecule is CCCCCCCCCCCCC1C(=O)N(Br)C(=O)N1Br. The minimum Gasteiger partial charge on any atom is -0.271 e. The first kappa shape index (κ1) is 18.9. The fourth-order valence-electron chi connectivity index (χ4n) is 2.60. The smallest absolute Gasteiger partial charge is 0.271 e. The number of hydrogen-bond acceptors (Lipinski definition) is 2. The highest BCUT2D eigenvalue weighted by Crippen LogP contribution is 2.27. The van der Waals surface area contributed by atoms with Crippen molar-refractivity contribution < 1.29 is 9.59 Å². The molecule has 0 spiro atoms. The molecule has 21 heavy (non-hydrogen) atoms. The summed E-state index contributed by atoms with van der Waals surface area (Å²) in [7, 11) is 0. The minimum atomic E-state index is -0.356. The van der Waals surface area contributed by atoms with Crippen molar-refractivity contribution in [2.45, 2.75) is 83.6 Å². The van der Waals surface area contributed by atoms with Crippen LogP contribution in [0.2, 0.25) is 0 Å². The van der Waals surface area contributed by atoms with Gasteiger partial charge in [-0.05, 0) is 6.42 Å². The lowest BCUT2D eigenvalue weighted by Gasteiger charge is -2.12. The van der Waals surface area contributed by atoms with Crippen molar-refractivity contribution in [3.8, 4) is 0 Å². The van der Waals surface area contributed by atoms with Gasteiger partial charge < -0.3 is 0 Å². The Labute approximate surface area is 145 Å². The van der Waals surface area contributed by atoms with E-state index in [2.05, 4.69) is 39.2 Å². The van der Waals surface area contributed by atoms with Crippen LogP contribution in [0.15, 0.2) is 0 Å². The third-order valence-electron chi connectivity index (χ3n) is 3.93. The Hall–Kier alpha value is -0.100. The number of imide groups is 1. The molecule has 0 aromatic rings. The Balaban J connectivity index is 2.00. The van der Waals surface area contributed by atoms with Gasteiger partial charge in [0.05, 0.1) is 32.3 Å². The lowest BCUT2D eigenvalue weighted by molar-refractivity contribution is -0.124. The Morgan fingerprint density at radius 3 is 1.76 bits per heavy atom. The molecule has 4 nitrogen and oxygen atoms in total. The van der Waals surface area contributed by atoms with E-state index in [1.165, 1.54) is 55.3 Å². The van der Waals surface area contributed by atoms with Crippen LogP contribution in [-0.2, 0) is 4.79 Å².